The van der Waals surface area contributed by atoms with Crippen molar-refractivity contribution < 1.29 is 12.8 Å². The molecule has 0 spiro atoms. The topological polar surface area (TPSA) is 73.2 Å². The maximum Gasteiger partial charge on any atom is 0.242 e. The van der Waals surface area contributed by atoms with Crippen molar-refractivity contribution in [1.82, 2.24) is 9.62 Å². The van der Waals surface area contributed by atoms with Crippen LogP contribution >= 0.6 is 0 Å². The van der Waals surface area contributed by atoms with E-state index in [-0.39, 0.29) is 17.5 Å². The molecule has 0 aliphatic carbocycles. The zero-order chi connectivity index (χ0) is 14.6. The predicted octanol–water partition coefficient (Wildman–Crippen LogP) is 0.926. The Morgan fingerprint density at radius 2 is 2.11 bits per heavy atom. The average molecular weight is 285 g/mol. The van der Waals surface area contributed by atoms with E-state index in [1.807, 2.05) is 25.9 Å². The molecular formula is C12H16FN3O2S. The smallest absolute Gasteiger partial charge is 0.242 e. The fourth-order valence-electron chi connectivity index (χ4n) is 1.33. The van der Waals surface area contributed by atoms with E-state index >= 15 is 0 Å². The molecule has 0 radical (unpaired) electrons. The molecule has 7 heteroatoms. The van der Waals surface area contributed by atoms with Gasteiger partial charge in [-0.05, 0) is 33.2 Å². The highest BCUT2D eigenvalue weighted by atomic mass is 32.2. The van der Waals surface area contributed by atoms with Crippen LogP contribution in [-0.4, -0.2) is 40.0 Å². The number of halogens is 1. The fourth-order valence-corrected chi connectivity index (χ4v) is 2.61. The van der Waals surface area contributed by atoms with E-state index in [1.54, 1.807) is 6.07 Å². The number of sulfonamides is 1. The van der Waals surface area contributed by atoms with E-state index in [0.29, 0.717) is 0 Å². The lowest BCUT2D eigenvalue weighted by Gasteiger charge is -2.20. The second-order valence-corrected chi connectivity index (χ2v) is 6.12. The standard InChI is InChI=1S/C12H16FN3O2S/c1-9(16(2)3)8-15-19(17,18)12-6-4-5-11(13)10(12)7-14/h4-6,9,15H,8H2,1-3H3. The van der Waals surface area contributed by atoms with Gasteiger partial charge in [0.05, 0.1) is 0 Å². The molecule has 0 heterocycles. The Balaban J connectivity index is 3.03. The lowest BCUT2D eigenvalue weighted by molar-refractivity contribution is 0.314. The van der Waals surface area contributed by atoms with Crippen molar-refractivity contribution in [2.75, 3.05) is 20.6 Å². The van der Waals surface area contributed by atoms with Crippen LogP contribution in [-0.2, 0) is 10.0 Å². The normalized spacial score (nSPS) is 13.3. The lowest BCUT2D eigenvalue weighted by Crippen LogP contribution is -2.38. The first-order valence-corrected chi connectivity index (χ1v) is 7.12. The minimum atomic E-state index is -3.89. The summed E-state index contributed by atoms with van der Waals surface area (Å²) in [4.78, 5) is 1.51. The van der Waals surface area contributed by atoms with E-state index < -0.39 is 21.4 Å². The second kappa shape index (κ2) is 6.10. The minimum Gasteiger partial charge on any atom is -0.305 e. The molecule has 1 aromatic rings. The van der Waals surface area contributed by atoms with Crippen LogP contribution < -0.4 is 4.72 Å². The van der Waals surface area contributed by atoms with Crippen LogP contribution in [0.1, 0.15) is 12.5 Å². The van der Waals surface area contributed by atoms with Gasteiger partial charge in [-0.3, -0.25) is 0 Å². The monoisotopic (exact) mass is 285 g/mol. The van der Waals surface area contributed by atoms with Crippen molar-refractivity contribution in [3.63, 3.8) is 0 Å². The largest absolute Gasteiger partial charge is 0.305 e. The molecule has 0 aromatic heterocycles. The van der Waals surface area contributed by atoms with E-state index in [1.165, 1.54) is 12.1 Å². The van der Waals surface area contributed by atoms with Crippen LogP contribution in [0.25, 0.3) is 0 Å². The number of hydrogen-bond acceptors (Lipinski definition) is 4. The molecule has 0 amide bonds. The van der Waals surface area contributed by atoms with Crippen molar-refractivity contribution in [2.45, 2.75) is 17.9 Å². The summed E-state index contributed by atoms with van der Waals surface area (Å²) in [6.45, 7) is 2.02. The Bertz CT molecular complexity index is 593. The number of hydrogen-bond donors (Lipinski definition) is 1. The van der Waals surface area contributed by atoms with Gasteiger partial charge in [-0.2, -0.15) is 5.26 Å². The van der Waals surface area contributed by atoms with Crippen LogP contribution in [0, 0.1) is 17.1 Å². The van der Waals surface area contributed by atoms with Gasteiger partial charge in [0, 0.05) is 12.6 Å². The predicted molar refractivity (Wildman–Crippen MR) is 69.5 cm³/mol. The quantitative estimate of drug-likeness (QED) is 0.873. The summed E-state index contributed by atoms with van der Waals surface area (Å²) in [5.41, 5.74) is -0.465. The van der Waals surface area contributed by atoms with Crippen molar-refractivity contribution >= 4 is 10.0 Å². The summed E-state index contributed by atoms with van der Waals surface area (Å²) in [6, 6.07) is 5.09. The summed E-state index contributed by atoms with van der Waals surface area (Å²) < 4.78 is 39.8. The van der Waals surface area contributed by atoms with Crippen molar-refractivity contribution in [1.29, 1.82) is 5.26 Å². The maximum atomic E-state index is 13.4. The Hall–Kier alpha value is -1.49. The van der Waals surface area contributed by atoms with Gasteiger partial charge in [0.2, 0.25) is 10.0 Å². The molecule has 0 saturated heterocycles. The molecule has 1 rings (SSSR count). The third kappa shape index (κ3) is 3.73. The van der Waals surface area contributed by atoms with Crippen LogP contribution in [0.5, 0.6) is 0 Å². The maximum absolute atomic E-state index is 13.4. The first-order chi connectivity index (χ1) is 8.79. The number of nitriles is 1. The molecule has 0 fully saturated rings. The number of nitrogens with one attached hydrogen (secondary N) is 1. The van der Waals surface area contributed by atoms with Gasteiger partial charge >= 0.3 is 0 Å². The zero-order valence-electron chi connectivity index (χ0n) is 11.0. The Morgan fingerprint density at radius 3 is 2.63 bits per heavy atom. The third-order valence-corrected chi connectivity index (χ3v) is 4.29. The van der Waals surface area contributed by atoms with E-state index in [9.17, 15) is 12.8 Å². The summed E-state index contributed by atoms with van der Waals surface area (Å²) >= 11 is 0. The molecule has 0 aliphatic rings. The molecule has 1 N–H and O–H groups in total. The summed E-state index contributed by atoms with van der Waals surface area (Å²) in [6.07, 6.45) is 0. The van der Waals surface area contributed by atoms with Crippen LogP contribution in [0.15, 0.2) is 23.1 Å². The van der Waals surface area contributed by atoms with Gasteiger partial charge < -0.3 is 4.90 Å². The molecule has 0 aliphatic heterocycles. The second-order valence-electron chi connectivity index (χ2n) is 4.39. The number of nitrogens with zero attached hydrogens (tertiary/aromatic N) is 2. The van der Waals surface area contributed by atoms with Gasteiger partial charge in [0.1, 0.15) is 22.3 Å². The lowest BCUT2D eigenvalue weighted by atomic mass is 10.2. The molecule has 104 valence electrons. The SMILES string of the molecule is CC(CNS(=O)(=O)c1cccc(F)c1C#N)N(C)C. The minimum absolute atomic E-state index is 0.0196. The van der Waals surface area contributed by atoms with E-state index in [2.05, 4.69) is 4.72 Å². The van der Waals surface area contributed by atoms with Crippen molar-refractivity contribution in [3.8, 4) is 6.07 Å². The first kappa shape index (κ1) is 15.6. The molecule has 0 bridgehead atoms. The van der Waals surface area contributed by atoms with Crippen molar-refractivity contribution in [2.24, 2.45) is 0 Å². The summed E-state index contributed by atoms with van der Waals surface area (Å²) in [5.74, 6) is -0.842. The van der Waals surface area contributed by atoms with Gasteiger partial charge in [-0.15, -0.1) is 0 Å². The number of benzene rings is 1. The Kier molecular flexibility index (Phi) is 5.00. The molecule has 1 aromatic carbocycles. The fraction of sp³-hybridized carbons (Fsp3) is 0.417. The Labute approximate surface area is 112 Å². The molecule has 0 saturated carbocycles. The molecular weight excluding hydrogens is 269 g/mol. The highest BCUT2D eigenvalue weighted by Gasteiger charge is 2.21. The molecule has 1 atom stereocenters. The van der Waals surface area contributed by atoms with E-state index in [4.69, 9.17) is 5.26 Å². The van der Waals surface area contributed by atoms with Crippen LogP contribution in [0.4, 0.5) is 4.39 Å². The molecule has 19 heavy (non-hydrogen) atoms. The van der Waals surface area contributed by atoms with Crippen LogP contribution in [0.3, 0.4) is 0 Å². The van der Waals surface area contributed by atoms with E-state index in [0.717, 1.165) is 6.07 Å². The van der Waals surface area contributed by atoms with Crippen molar-refractivity contribution in [3.05, 3.63) is 29.6 Å². The third-order valence-electron chi connectivity index (χ3n) is 2.83. The van der Waals surface area contributed by atoms with Crippen LogP contribution in [0.2, 0.25) is 0 Å². The summed E-state index contributed by atoms with van der Waals surface area (Å²) in [7, 11) is -0.251. The Morgan fingerprint density at radius 1 is 1.47 bits per heavy atom. The molecule has 1 unspecified atom stereocenters. The zero-order valence-corrected chi connectivity index (χ0v) is 11.8. The van der Waals surface area contributed by atoms with Gasteiger partial charge in [0.15, 0.2) is 0 Å². The molecule has 5 nitrogen and oxygen atoms in total. The number of rotatable bonds is 5. The number of likely N-dealkylation sites (N-methyl/N-ethyl adjacent to an activating group) is 1. The van der Waals surface area contributed by atoms with Gasteiger partial charge in [0.25, 0.3) is 0 Å². The summed E-state index contributed by atoms with van der Waals surface area (Å²) in [5, 5.41) is 8.84. The van der Waals surface area contributed by atoms with Gasteiger partial charge in [-0.1, -0.05) is 6.07 Å². The highest BCUT2D eigenvalue weighted by molar-refractivity contribution is 7.89. The van der Waals surface area contributed by atoms with Gasteiger partial charge in [-0.25, -0.2) is 17.5 Å². The first-order valence-electron chi connectivity index (χ1n) is 5.64. The highest BCUT2D eigenvalue weighted by Crippen LogP contribution is 2.17. The average Bonchev–Trinajstić information content (AvgIpc) is 2.35.